The highest BCUT2D eigenvalue weighted by atomic mass is 16.6. The summed E-state index contributed by atoms with van der Waals surface area (Å²) >= 11 is 0. The summed E-state index contributed by atoms with van der Waals surface area (Å²) in [6, 6.07) is 0. The molecule has 4 nitrogen and oxygen atoms in total. The van der Waals surface area contributed by atoms with E-state index in [1.54, 1.807) is 0 Å². The lowest BCUT2D eigenvalue weighted by Gasteiger charge is -2.12. The van der Waals surface area contributed by atoms with Gasteiger partial charge in [-0.25, -0.2) is 9.69 Å². The summed E-state index contributed by atoms with van der Waals surface area (Å²) in [5.41, 5.74) is 0. The normalized spacial score (nSPS) is 9.21. The zero-order valence-electron chi connectivity index (χ0n) is 8.57. The highest BCUT2D eigenvalue weighted by Gasteiger charge is 2.11. The average molecular weight is 199 g/mol. The number of amides is 2. The third-order valence-electron chi connectivity index (χ3n) is 1.66. The molecule has 0 spiro atoms. The Morgan fingerprint density at radius 3 is 2.71 bits per heavy atom. The van der Waals surface area contributed by atoms with Crippen molar-refractivity contribution < 1.29 is 14.3 Å². The predicted octanol–water partition coefficient (Wildman–Crippen LogP) is 1.96. The quantitative estimate of drug-likeness (QED) is 0.357. The first kappa shape index (κ1) is 12.7. The maximum atomic E-state index is 11.2. The molecule has 0 bridgehead atoms. The van der Waals surface area contributed by atoms with Crippen molar-refractivity contribution in [3.63, 3.8) is 0 Å². The molecule has 14 heavy (non-hydrogen) atoms. The van der Waals surface area contributed by atoms with Crippen LogP contribution in [-0.2, 0) is 9.53 Å². The van der Waals surface area contributed by atoms with Crippen molar-refractivity contribution in [3.05, 3.63) is 12.7 Å². The first-order valence-electron chi connectivity index (χ1n) is 4.75. The molecule has 0 aromatic rings. The Morgan fingerprint density at radius 2 is 2.21 bits per heavy atom. The van der Waals surface area contributed by atoms with E-state index in [9.17, 15) is 9.59 Å². The molecule has 0 heterocycles. The topological polar surface area (TPSA) is 46.6 Å². The summed E-state index contributed by atoms with van der Waals surface area (Å²) in [5.74, 6) is 0. The van der Waals surface area contributed by atoms with E-state index >= 15 is 0 Å². The number of ether oxygens (including phenoxy) is 1. The molecule has 0 aliphatic carbocycles. The fraction of sp³-hybridized carbons (Fsp3) is 0.600. The van der Waals surface area contributed by atoms with Crippen LogP contribution in [0.25, 0.3) is 0 Å². The van der Waals surface area contributed by atoms with E-state index < -0.39 is 6.09 Å². The molecule has 4 heteroatoms. The van der Waals surface area contributed by atoms with Crippen molar-refractivity contribution in [1.82, 2.24) is 4.90 Å². The Labute approximate surface area is 84.5 Å². The molecule has 0 radical (unpaired) electrons. The predicted molar refractivity (Wildman–Crippen MR) is 53.8 cm³/mol. The van der Waals surface area contributed by atoms with Crippen LogP contribution in [0.1, 0.15) is 26.2 Å². The fourth-order valence-corrected chi connectivity index (χ4v) is 0.894. The maximum absolute atomic E-state index is 11.2. The molecule has 0 aliphatic heterocycles. The lowest BCUT2D eigenvalue weighted by atomic mass is 10.3. The summed E-state index contributed by atoms with van der Waals surface area (Å²) in [6.07, 6.45) is 4.25. The second-order valence-corrected chi connectivity index (χ2v) is 2.87. The van der Waals surface area contributed by atoms with E-state index in [-0.39, 0.29) is 6.54 Å². The first-order valence-corrected chi connectivity index (χ1v) is 4.75. The molecule has 0 aromatic heterocycles. The van der Waals surface area contributed by atoms with Gasteiger partial charge in [0.05, 0.1) is 6.61 Å². The van der Waals surface area contributed by atoms with Gasteiger partial charge in [0.1, 0.15) is 0 Å². The molecule has 0 fully saturated rings. The number of hydrogen-bond acceptors (Lipinski definition) is 3. The van der Waals surface area contributed by atoms with Crippen molar-refractivity contribution in [2.24, 2.45) is 0 Å². The Bertz CT molecular complexity index is 192. The van der Waals surface area contributed by atoms with Gasteiger partial charge in [-0.05, 0) is 6.42 Å². The van der Waals surface area contributed by atoms with Crippen molar-refractivity contribution in [1.29, 1.82) is 0 Å². The van der Waals surface area contributed by atoms with Gasteiger partial charge in [-0.3, -0.25) is 4.79 Å². The Balaban J connectivity index is 3.69. The molecule has 0 N–H and O–H groups in total. The molecule has 2 amide bonds. The van der Waals surface area contributed by atoms with Crippen LogP contribution in [-0.4, -0.2) is 30.6 Å². The zero-order valence-corrected chi connectivity index (χ0v) is 8.57. The van der Waals surface area contributed by atoms with Gasteiger partial charge in [0.15, 0.2) is 0 Å². The SMILES string of the molecule is C=CCN(C=O)C(=O)OCCCCC. The van der Waals surface area contributed by atoms with E-state index in [1.165, 1.54) is 6.08 Å². The van der Waals surface area contributed by atoms with Gasteiger partial charge in [0.25, 0.3) is 0 Å². The van der Waals surface area contributed by atoms with E-state index in [0.717, 1.165) is 24.2 Å². The van der Waals surface area contributed by atoms with E-state index in [1.807, 2.05) is 0 Å². The number of rotatable bonds is 7. The number of nitrogens with zero attached hydrogens (tertiary/aromatic N) is 1. The summed E-state index contributed by atoms with van der Waals surface area (Å²) in [5, 5.41) is 0. The molecule has 0 saturated heterocycles. The molecule has 0 saturated carbocycles. The highest BCUT2D eigenvalue weighted by molar-refractivity contribution is 5.80. The number of unbranched alkanes of at least 4 members (excludes halogenated alkanes) is 2. The number of carbonyl (C=O) groups is 2. The van der Waals surface area contributed by atoms with Gasteiger partial charge < -0.3 is 4.74 Å². The van der Waals surface area contributed by atoms with E-state index in [4.69, 9.17) is 4.74 Å². The van der Waals surface area contributed by atoms with Crippen molar-refractivity contribution in [3.8, 4) is 0 Å². The molecule has 0 rings (SSSR count). The van der Waals surface area contributed by atoms with Gasteiger partial charge in [0, 0.05) is 6.54 Å². The lowest BCUT2D eigenvalue weighted by Crippen LogP contribution is -2.30. The molecule has 0 atom stereocenters. The van der Waals surface area contributed by atoms with Crippen LogP contribution in [0.4, 0.5) is 4.79 Å². The standard InChI is InChI=1S/C10H17NO3/c1-3-5-6-8-14-10(13)11(9-12)7-4-2/h4,9H,2-3,5-8H2,1H3. The van der Waals surface area contributed by atoms with E-state index in [2.05, 4.69) is 13.5 Å². The Hall–Kier alpha value is -1.32. The van der Waals surface area contributed by atoms with Gasteiger partial charge >= 0.3 is 6.09 Å². The van der Waals surface area contributed by atoms with Crippen LogP contribution >= 0.6 is 0 Å². The molecule has 0 unspecified atom stereocenters. The fourth-order valence-electron chi connectivity index (χ4n) is 0.894. The minimum absolute atomic E-state index is 0.191. The van der Waals surface area contributed by atoms with Crippen LogP contribution in [0.15, 0.2) is 12.7 Å². The van der Waals surface area contributed by atoms with Crippen LogP contribution in [0.3, 0.4) is 0 Å². The third-order valence-corrected chi connectivity index (χ3v) is 1.66. The molecule has 0 aromatic carbocycles. The summed E-state index contributed by atoms with van der Waals surface area (Å²) in [7, 11) is 0. The monoisotopic (exact) mass is 199 g/mol. The van der Waals surface area contributed by atoms with Gasteiger partial charge in [-0.1, -0.05) is 25.8 Å². The van der Waals surface area contributed by atoms with Gasteiger partial charge in [-0.15, -0.1) is 6.58 Å². The summed E-state index contributed by atoms with van der Waals surface area (Å²) in [6.45, 7) is 6.06. The zero-order chi connectivity index (χ0) is 10.8. The smallest absolute Gasteiger partial charge is 0.416 e. The van der Waals surface area contributed by atoms with Crippen LogP contribution in [0.2, 0.25) is 0 Å². The lowest BCUT2D eigenvalue weighted by molar-refractivity contribution is -0.116. The number of hydrogen-bond donors (Lipinski definition) is 0. The van der Waals surface area contributed by atoms with Crippen molar-refractivity contribution in [2.75, 3.05) is 13.2 Å². The Morgan fingerprint density at radius 1 is 1.50 bits per heavy atom. The second-order valence-electron chi connectivity index (χ2n) is 2.87. The molecular formula is C10H17NO3. The highest BCUT2D eigenvalue weighted by Crippen LogP contribution is 1.97. The average Bonchev–Trinajstić information content (AvgIpc) is 2.20. The second kappa shape index (κ2) is 8.29. The van der Waals surface area contributed by atoms with Crippen LogP contribution < -0.4 is 0 Å². The van der Waals surface area contributed by atoms with Gasteiger partial charge in [-0.2, -0.15) is 0 Å². The number of imide groups is 1. The molecular weight excluding hydrogens is 182 g/mol. The maximum Gasteiger partial charge on any atom is 0.416 e. The minimum Gasteiger partial charge on any atom is -0.449 e. The van der Waals surface area contributed by atoms with Crippen molar-refractivity contribution in [2.45, 2.75) is 26.2 Å². The van der Waals surface area contributed by atoms with Crippen LogP contribution in [0.5, 0.6) is 0 Å². The van der Waals surface area contributed by atoms with Crippen molar-refractivity contribution >= 4 is 12.5 Å². The summed E-state index contributed by atoms with van der Waals surface area (Å²) < 4.78 is 4.86. The first-order chi connectivity index (χ1) is 6.76. The minimum atomic E-state index is -0.601. The molecule has 0 aliphatic rings. The van der Waals surface area contributed by atoms with Crippen LogP contribution in [0, 0.1) is 0 Å². The largest absolute Gasteiger partial charge is 0.449 e. The summed E-state index contributed by atoms with van der Waals surface area (Å²) in [4.78, 5) is 22.5. The van der Waals surface area contributed by atoms with E-state index in [0.29, 0.717) is 13.0 Å². The molecule has 80 valence electrons. The third kappa shape index (κ3) is 5.35. The van der Waals surface area contributed by atoms with Gasteiger partial charge in [0.2, 0.25) is 6.41 Å². The Kier molecular flexibility index (Phi) is 7.50. The number of carbonyl (C=O) groups excluding carboxylic acids is 2.